The van der Waals surface area contributed by atoms with Gasteiger partial charge in [0.25, 0.3) is 0 Å². The van der Waals surface area contributed by atoms with Crippen molar-refractivity contribution in [3.8, 4) is 0 Å². The molecule has 1 aromatic rings. The van der Waals surface area contributed by atoms with E-state index in [1.54, 1.807) is 0 Å². The number of carbonyl (C=O) groups excluding carboxylic acids is 3. The molecule has 0 N–H and O–H groups in total. The van der Waals surface area contributed by atoms with Crippen LogP contribution in [0.3, 0.4) is 0 Å². The van der Waals surface area contributed by atoms with Crippen LogP contribution in [0.1, 0.15) is 24.8 Å². The van der Waals surface area contributed by atoms with Gasteiger partial charge in [0.2, 0.25) is 0 Å². The molecule has 1 aromatic carbocycles. The molecule has 1 amide bonds. The van der Waals surface area contributed by atoms with Crippen LogP contribution in [-0.4, -0.2) is 49.7 Å². The first-order chi connectivity index (χ1) is 12.1. The van der Waals surface area contributed by atoms with Crippen molar-refractivity contribution in [1.82, 2.24) is 4.90 Å². The van der Waals surface area contributed by atoms with Gasteiger partial charge in [-0.05, 0) is 24.8 Å². The van der Waals surface area contributed by atoms with E-state index in [1.165, 1.54) is 19.1 Å². The number of ether oxygens (including phenoxy) is 3. The van der Waals surface area contributed by atoms with Gasteiger partial charge in [-0.2, -0.15) is 0 Å². The van der Waals surface area contributed by atoms with E-state index in [1.807, 2.05) is 30.3 Å². The smallest absolute Gasteiger partial charge is 0.410 e. The monoisotopic (exact) mass is 349 g/mol. The van der Waals surface area contributed by atoms with E-state index >= 15 is 0 Å². The van der Waals surface area contributed by atoms with Gasteiger partial charge in [-0.3, -0.25) is 9.59 Å². The van der Waals surface area contributed by atoms with Crippen molar-refractivity contribution in [3.05, 3.63) is 35.9 Å². The lowest BCUT2D eigenvalue weighted by atomic mass is 9.90. The number of hydrogen-bond acceptors (Lipinski definition) is 6. The fourth-order valence-electron chi connectivity index (χ4n) is 3.00. The lowest BCUT2D eigenvalue weighted by Gasteiger charge is -2.37. The number of esters is 2. The first kappa shape index (κ1) is 18.8. The number of methoxy groups -OCH3 is 2. The molecular formula is C18H23NO6. The lowest BCUT2D eigenvalue weighted by Crippen LogP contribution is -2.52. The molecule has 2 rings (SSSR count). The minimum absolute atomic E-state index is 0.129. The zero-order valence-corrected chi connectivity index (χ0v) is 14.5. The fraction of sp³-hybridized carbons (Fsp3) is 0.500. The van der Waals surface area contributed by atoms with Gasteiger partial charge in [0.1, 0.15) is 6.61 Å². The number of likely N-dealkylation sites (tertiary alicyclic amines) is 1. The number of piperidine rings is 1. The molecule has 1 aliphatic heterocycles. The van der Waals surface area contributed by atoms with E-state index in [4.69, 9.17) is 14.2 Å². The Bertz CT molecular complexity index is 587. The highest BCUT2D eigenvalue weighted by Gasteiger charge is 2.43. The van der Waals surface area contributed by atoms with Crippen molar-refractivity contribution in [3.63, 3.8) is 0 Å². The summed E-state index contributed by atoms with van der Waals surface area (Å²) in [6.07, 6.45) is 1.55. The fourth-order valence-corrected chi connectivity index (χ4v) is 3.00. The Balaban J connectivity index is 2.11. The zero-order chi connectivity index (χ0) is 18.2. The van der Waals surface area contributed by atoms with Gasteiger partial charge in [0, 0.05) is 6.54 Å². The van der Waals surface area contributed by atoms with Crippen molar-refractivity contribution < 1.29 is 28.6 Å². The Morgan fingerprint density at radius 2 is 1.72 bits per heavy atom. The average molecular weight is 349 g/mol. The molecule has 1 aliphatic rings. The standard InChI is InChI=1S/C18H23NO6/c1-23-16(20)15(17(21)24-2)14-10-6-7-11-19(14)18(22)25-12-13-8-4-3-5-9-13/h3-5,8-9,14-15H,6-7,10-12H2,1-2H3. The summed E-state index contributed by atoms with van der Waals surface area (Å²) >= 11 is 0. The number of amides is 1. The van der Waals surface area contributed by atoms with E-state index in [2.05, 4.69) is 0 Å². The molecule has 25 heavy (non-hydrogen) atoms. The molecule has 0 radical (unpaired) electrons. The second kappa shape index (κ2) is 9.05. The molecule has 1 saturated heterocycles. The molecule has 1 fully saturated rings. The molecule has 136 valence electrons. The number of rotatable bonds is 5. The van der Waals surface area contributed by atoms with Crippen molar-refractivity contribution in [2.24, 2.45) is 5.92 Å². The Morgan fingerprint density at radius 3 is 2.32 bits per heavy atom. The maximum atomic E-state index is 12.5. The first-order valence-corrected chi connectivity index (χ1v) is 8.21. The molecule has 7 nitrogen and oxygen atoms in total. The van der Waals surface area contributed by atoms with Crippen LogP contribution in [0.5, 0.6) is 0 Å². The minimum atomic E-state index is -1.17. The summed E-state index contributed by atoms with van der Waals surface area (Å²) in [6, 6.07) is 8.68. The predicted molar refractivity (Wildman–Crippen MR) is 88.5 cm³/mol. The summed E-state index contributed by atoms with van der Waals surface area (Å²) in [6.45, 7) is 0.548. The van der Waals surface area contributed by atoms with Crippen LogP contribution >= 0.6 is 0 Å². The second-order valence-electron chi connectivity index (χ2n) is 5.82. The maximum absolute atomic E-state index is 12.5. The summed E-state index contributed by atoms with van der Waals surface area (Å²) < 4.78 is 14.8. The van der Waals surface area contributed by atoms with Crippen LogP contribution in [0.15, 0.2) is 30.3 Å². The average Bonchev–Trinajstić information content (AvgIpc) is 2.67. The highest BCUT2D eigenvalue weighted by atomic mass is 16.6. The van der Waals surface area contributed by atoms with Gasteiger partial charge in [-0.1, -0.05) is 30.3 Å². The van der Waals surface area contributed by atoms with Crippen molar-refractivity contribution in [2.45, 2.75) is 31.9 Å². The quantitative estimate of drug-likeness (QED) is 0.460. The van der Waals surface area contributed by atoms with Crippen LogP contribution in [0.25, 0.3) is 0 Å². The Morgan fingerprint density at radius 1 is 1.08 bits per heavy atom. The van der Waals surface area contributed by atoms with Crippen LogP contribution in [0, 0.1) is 5.92 Å². The van der Waals surface area contributed by atoms with Crippen molar-refractivity contribution in [2.75, 3.05) is 20.8 Å². The highest BCUT2D eigenvalue weighted by Crippen LogP contribution is 2.26. The summed E-state index contributed by atoms with van der Waals surface area (Å²) in [5.74, 6) is -2.58. The molecule has 7 heteroatoms. The molecule has 0 saturated carbocycles. The van der Waals surface area contributed by atoms with E-state index in [-0.39, 0.29) is 6.61 Å². The van der Waals surface area contributed by atoms with Gasteiger partial charge < -0.3 is 19.1 Å². The van der Waals surface area contributed by atoms with Gasteiger partial charge in [0.15, 0.2) is 5.92 Å². The highest BCUT2D eigenvalue weighted by molar-refractivity contribution is 5.96. The maximum Gasteiger partial charge on any atom is 0.410 e. The van der Waals surface area contributed by atoms with Crippen molar-refractivity contribution in [1.29, 1.82) is 0 Å². The Hall–Kier alpha value is -2.57. The second-order valence-corrected chi connectivity index (χ2v) is 5.82. The SMILES string of the molecule is COC(=O)C(C(=O)OC)C1CCCCN1C(=O)OCc1ccccc1. The molecule has 0 aromatic heterocycles. The van der Waals surface area contributed by atoms with E-state index in [9.17, 15) is 14.4 Å². The lowest BCUT2D eigenvalue weighted by molar-refractivity contribution is -0.162. The molecule has 1 heterocycles. The Labute approximate surface area is 146 Å². The van der Waals surface area contributed by atoms with Gasteiger partial charge >= 0.3 is 18.0 Å². The third-order valence-corrected chi connectivity index (χ3v) is 4.28. The van der Waals surface area contributed by atoms with Gasteiger partial charge in [-0.25, -0.2) is 4.79 Å². The number of benzene rings is 1. The molecular weight excluding hydrogens is 326 g/mol. The summed E-state index contributed by atoms with van der Waals surface area (Å²) in [5, 5.41) is 0. The topological polar surface area (TPSA) is 82.1 Å². The normalized spacial score (nSPS) is 17.1. The molecule has 1 atom stereocenters. The molecule has 0 aliphatic carbocycles. The van der Waals surface area contributed by atoms with E-state index in [0.717, 1.165) is 18.4 Å². The largest absolute Gasteiger partial charge is 0.468 e. The predicted octanol–water partition coefficient (Wildman–Crippen LogP) is 2.14. The molecule has 1 unspecified atom stereocenters. The van der Waals surface area contributed by atoms with Crippen LogP contribution in [-0.2, 0) is 30.4 Å². The molecule has 0 bridgehead atoms. The number of hydrogen-bond donors (Lipinski definition) is 0. The van der Waals surface area contributed by atoms with Crippen molar-refractivity contribution >= 4 is 18.0 Å². The summed E-state index contributed by atoms with van der Waals surface area (Å²) in [4.78, 5) is 38.1. The van der Waals surface area contributed by atoms with Gasteiger partial charge in [-0.15, -0.1) is 0 Å². The number of carbonyl (C=O) groups is 3. The summed E-state index contributed by atoms with van der Waals surface area (Å²) in [7, 11) is 2.42. The summed E-state index contributed by atoms with van der Waals surface area (Å²) in [5.41, 5.74) is 0.863. The number of nitrogens with zero attached hydrogens (tertiary/aromatic N) is 1. The van der Waals surface area contributed by atoms with E-state index in [0.29, 0.717) is 13.0 Å². The van der Waals surface area contributed by atoms with Gasteiger partial charge in [0.05, 0.1) is 20.3 Å². The zero-order valence-electron chi connectivity index (χ0n) is 14.5. The molecule has 0 spiro atoms. The third kappa shape index (κ3) is 4.71. The first-order valence-electron chi connectivity index (χ1n) is 8.21. The van der Waals surface area contributed by atoms with Crippen LogP contribution < -0.4 is 0 Å². The van der Waals surface area contributed by atoms with E-state index < -0.39 is 30.0 Å². The van der Waals surface area contributed by atoms with Crippen LogP contribution in [0.4, 0.5) is 4.79 Å². The third-order valence-electron chi connectivity index (χ3n) is 4.28. The van der Waals surface area contributed by atoms with Crippen LogP contribution in [0.2, 0.25) is 0 Å². The Kier molecular flexibility index (Phi) is 6.80. The minimum Gasteiger partial charge on any atom is -0.468 e.